The second-order valence-electron chi connectivity index (χ2n) is 6.16. The van der Waals surface area contributed by atoms with Gasteiger partial charge in [0.15, 0.2) is 16.7 Å². The van der Waals surface area contributed by atoms with Crippen LogP contribution in [0.5, 0.6) is 11.5 Å². The first-order valence-corrected chi connectivity index (χ1v) is 10.4. The van der Waals surface area contributed by atoms with E-state index in [0.29, 0.717) is 28.3 Å². The summed E-state index contributed by atoms with van der Waals surface area (Å²) in [6.07, 6.45) is 0. The van der Waals surface area contributed by atoms with Crippen molar-refractivity contribution >= 4 is 40.6 Å². The number of anilines is 1. The van der Waals surface area contributed by atoms with Crippen molar-refractivity contribution in [1.82, 2.24) is 14.8 Å². The van der Waals surface area contributed by atoms with Gasteiger partial charge in [0.05, 0.1) is 15.7 Å². The maximum absolute atomic E-state index is 12.2. The highest BCUT2D eigenvalue weighted by Gasteiger charge is 2.17. The Morgan fingerprint density at radius 1 is 1.32 bits per heavy atom. The Labute approximate surface area is 186 Å². The molecule has 0 aliphatic heterocycles. The van der Waals surface area contributed by atoms with Crippen LogP contribution in [0, 0.1) is 10.1 Å². The maximum atomic E-state index is 12.2. The Bertz CT molecular complexity index is 1110. The van der Waals surface area contributed by atoms with Gasteiger partial charge in [0.25, 0.3) is 0 Å². The number of nitrogens with zero attached hydrogens (tertiary/aromatic N) is 4. The van der Waals surface area contributed by atoms with Crippen molar-refractivity contribution in [3.63, 3.8) is 0 Å². The van der Waals surface area contributed by atoms with E-state index in [-0.39, 0.29) is 24.0 Å². The topological polar surface area (TPSA) is 132 Å². The number of rotatable bonds is 9. The zero-order valence-corrected chi connectivity index (χ0v) is 17.9. The molecule has 162 valence electrons. The first kappa shape index (κ1) is 22.4. The number of halogens is 1. The van der Waals surface area contributed by atoms with Crippen LogP contribution < -0.4 is 10.1 Å². The lowest BCUT2D eigenvalue weighted by Gasteiger charge is -2.10. The number of aromatic hydroxyl groups is 1. The second kappa shape index (κ2) is 10.1. The number of phenolic OH excluding ortho intramolecular Hbond substituents is 1. The molecular formula is C19H18ClN5O5S. The van der Waals surface area contributed by atoms with Gasteiger partial charge in [0.1, 0.15) is 12.4 Å². The van der Waals surface area contributed by atoms with Gasteiger partial charge in [-0.05, 0) is 31.2 Å². The highest BCUT2D eigenvalue weighted by Crippen LogP contribution is 2.29. The monoisotopic (exact) mass is 463 g/mol. The molecule has 0 unspecified atom stereocenters. The summed E-state index contributed by atoms with van der Waals surface area (Å²) in [4.78, 5) is 22.4. The minimum Gasteiger partial charge on any atom is -0.502 e. The highest BCUT2D eigenvalue weighted by molar-refractivity contribution is 7.99. The van der Waals surface area contributed by atoms with Gasteiger partial charge in [-0.25, -0.2) is 0 Å². The number of thioether (sulfide) groups is 1. The van der Waals surface area contributed by atoms with Crippen LogP contribution in [0.2, 0.25) is 5.02 Å². The number of hydrogen-bond acceptors (Lipinski definition) is 8. The molecule has 0 radical (unpaired) electrons. The van der Waals surface area contributed by atoms with Crippen LogP contribution in [0.3, 0.4) is 0 Å². The van der Waals surface area contributed by atoms with Gasteiger partial charge in [-0.2, -0.15) is 0 Å². The van der Waals surface area contributed by atoms with Gasteiger partial charge in [-0.3, -0.25) is 14.9 Å². The predicted molar refractivity (Wildman–Crippen MR) is 116 cm³/mol. The predicted octanol–water partition coefficient (Wildman–Crippen LogP) is 3.88. The van der Waals surface area contributed by atoms with Crippen LogP contribution in [-0.4, -0.2) is 36.5 Å². The van der Waals surface area contributed by atoms with Gasteiger partial charge < -0.3 is 19.7 Å². The van der Waals surface area contributed by atoms with Crippen molar-refractivity contribution in [2.24, 2.45) is 0 Å². The average Bonchev–Trinajstić information content (AvgIpc) is 3.14. The number of nitro groups is 1. The van der Waals surface area contributed by atoms with E-state index in [9.17, 15) is 20.0 Å². The van der Waals surface area contributed by atoms with E-state index in [2.05, 4.69) is 15.5 Å². The molecule has 0 fully saturated rings. The Morgan fingerprint density at radius 3 is 2.81 bits per heavy atom. The number of nitro benzene ring substituents is 1. The molecule has 1 amide bonds. The maximum Gasteiger partial charge on any atom is 0.312 e. The standard InChI is InChI=1S/C19H18ClN5O5S/c1-2-24-17(10-30-16-6-4-3-5-13(16)20)22-23-19(24)31-11-18(27)21-12-7-8-15(26)14(9-12)25(28)29/h3-9,26H,2,10-11H2,1H3,(H,21,27). The van der Waals surface area contributed by atoms with E-state index >= 15 is 0 Å². The van der Waals surface area contributed by atoms with Gasteiger partial charge in [0, 0.05) is 18.3 Å². The normalized spacial score (nSPS) is 10.6. The number of nitrogens with one attached hydrogen (secondary N) is 1. The van der Waals surface area contributed by atoms with Crippen molar-refractivity contribution in [1.29, 1.82) is 0 Å². The number of ether oxygens (including phenoxy) is 1. The van der Waals surface area contributed by atoms with Gasteiger partial charge in [-0.1, -0.05) is 35.5 Å². The first-order valence-electron chi connectivity index (χ1n) is 9.08. The fraction of sp³-hybridized carbons (Fsp3) is 0.211. The molecule has 3 aromatic rings. The molecule has 12 heteroatoms. The minimum atomic E-state index is -0.726. The molecule has 0 saturated heterocycles. The quantitative estimate of drug-likeness (QED) is 0.211. The van der Waals surface area contributed by atoms with Gasteiger partial charge in [0.2, 0.25) is 5.91 Å². The molecule has 1 heterocycles. The van der Waals surface area contributed by atoms with Crippen LogP contribution in [0.1, 0.15) is 12.7 Å². The number of para-hydroxylation sites is 1. The molecule has 1 aromatic heterocycles. The van der Waals surface area contributed by atoms with Crippen molar-refractivity contribution in [3.8, 4) is 11.5 Å². The largest absolute Gasteiger partial charge is 0.502 e. The third-order valence-electron chi connectivity index (χ3n) is 4.09. The van der Waals surface area contributed by atoms with Gasteiger partial charge >= 0.3 is 5.69 Å². The molecule has 0 aliphatic carbocycles. The molecule has 0 atom stereocenters. The first-order chi connectivity index (χ1) is 14.9. The fourth-order valence-corrected chi connectivity index (χ4v) is 3.64. The minimum absolute atomic E-state index is 0.0121. The van der Waals surface area contributed by atoms with Crippen LogP contribution in [0.4, 0.5) is 11.4 Å². The lowest BCUT2D eigenvalue weighted by Crippen LogP contribution is -2.15. The highest BCUT2D eigenvalue weighted by atomic mass is 35.5. The second-order valence-corrected chi connectivity index (χ2v) is 7.51. The number of carbonyl (C=O) groups excluding carboxylic acids is 1. The molecule has 0 bridgehead atoms. The molecule has 31 heavy (non-hydrogen) atoms. The van der Waals surface area contributed by atoms with Crippen LogP contribution in [0.15, 0.2) is 47.6 Å². The average molecular weight is 464 g/mol. The summed E-state index contributed by atoms with van der Waals surface area (Å²) in [6.45, 7) is 2.65. The Kier molecular flexibility index (Phi) is 7.32. The molecule has 0 aliphatic rings. The van der Waals surface area contributed by atoms with E-state index in [1.807, 2.05) is 17.6 Å². The van der Waals surface area contributed by atoms with Crippen LogP contribution in [-0.2, 0) is 17.9 Å². The van der Waals surface area contributed by atoms with E-state index in [4.69, 9.17) is 16.3 Å². The van der Waals surface area contributed by atoms with Crippen molar-refractivity contribution in [3.05, 3.63) is 63.4 Å². The lowest BCUT2D eigenvalue weighted by molar-refractivity contribution is -0.385. The number of hydrogen-bond donors (Lipinski definition) is 2. The third kappa shape index (κ3) is 5.64. The Hall–Kier alpha value is -3.31. The van der Waals surface area contributed by atoms with Crippen molar-refractivity contribution < 1.29 is 19.6 Å². The molecule has 2 aromatic carbocycles. The zero-order valence-electron chi connectivity index (χ0n) is 16.3. The SMILES string of the molecule is CCn1c(COc2ccccc2Cl)nnc1SCC(=O)Nc1ccc(O)c([N+](=O)[O-])c1. The van der Waals surface area contributed by atoms with Gasteiger partial charge in [-0.15, -0.1) is 10.2 Å². The van der Waals surface area contributed by atoms with E-state index in [1.165, 1.54) is 17.8 Å². The molecule has 0 saturated carbocycles. The van der Waals surface area contributed by atoms with E-state index < -0.39 is 16.4 Å². The van der Waals surface area contributed by atoms with E-state index in [0.717, 1.165) is 12.1 Å². The Morgan fingerprint density at radius 2 is 2.10 bits per heavy atom. The Balaban J connectivity index is 1.60. The number of carbonyl (C=O) groups is 1. The molecular weight excluding hydrogens is 446 g/mol. The van der Waals surface area contributed by atoms with Crippen LogP contribution >= 0.6 is 23.4 Å². The lowest BCUT2D eigenvalue weighted by atomic mass is 10.2. The number of aromatic nitrogens is 3. The van der Waals surface area contributed by atoms with Crippen LogP contribution in [0.25, 0.3) is 0 Å². The number of benzene rings is 2. The smallest absolute Gasteiger partial charge is 0.312 e. The van der Waals surface area contributed by atoms with E-state index in [1.54, 1.807) is 18.2 Å². The summed E-state index contributed by atoms with van der Waals surface area (Å²) >= 11 is 7.26. The number of phenols is 1. The molecule has 2 N–H and O–H groups in total. The summed E-state index contributed by atoms with van der Waals surface area (Å²) in [5.41, 5.74) is -0.278. The van der Waals surface area contributed by atoms with Crippen molar-refractivity contribution in [2.75, 3.05) is 11.1 Å². The summed E-state index contributed by atoms with van der Waals surface area (Å²) < 4.78 is 7.52. The molecule has 10 nitrogen and oxygen atoms in total. The van der Waals surface area contributed by atoms with Crippen molar-refractivity contribution in [2.45, 2.75) is 25.2 Å². The number of amides is 1. The zero-order chi connectivity index (χ0) is 22.4. The third-order valence-corrected chi connectivity index (χ3v) is 5.37. The molecule has 0 spiro atoms. The molecule has 3 rings (SSSR count). The summed E-state index contributed by atoms with van der Waals surface area (Å²) in [5, 5.41) is 32.2. The summed E-state index contributed by atoms with van der Waals surface area (Å²) in [5.74, 6) is 0.272. The fourth-order valence-electron chi connectivity index (χ4n) is 2.63. The summed E-state index contributed by atoms with van der Waals surface area (Å²) in [7, 11) is 0. The summed E-state index contributed by atoms with van der Waals surface area (Å²) in [6, 6.07) is 10.7.